The lowest BCUT2D eigenvalue weighted by molar-refractivity contribution is -0.156. The van der Waals surface area contributed by atoms with Crippen LogP contribution in [0.5, 0.6) is 0 Å². The van der Waals surface area contributed by atoms with Crippen LogP contribution in [0.4, 0.5) is 0 Å². The molecule has 0 spiro atoms. The van der Waals surface area contributed by atoms with E-state index in [1.54, 1.807) is 81.4 Å². The summed E-state index contributed by atoms with van der Waals surface area (Å²) in [5.41, 5.74) is -1.80. The van der Waals surface area contributed by atoms with Gasteiger partial charge in [-0.2, -0.15) is 11.8 Å². The van der Waals surface area contributed by atoms with Crippen molar-refractivity contribution in [2.45, 2.75) is 254 Å². The van der Waals surface area contributed by atoms with Gasteiger partial charge in [-0.05, 0) is 102 Å². The van der Waals surface area contributed by atoms with Crippen LogP contribution in [0, 0.1) is 40.9 Å². The van der Waals surface area contributed by atoms with Crippen molar-refractivity contribution in [1.29, 1.82) is 5.41 Å². The summed E-state index contributed by atoms with van der Waals surface area (Å²) in [7, 11) is 9.54. The Balaban J connectivity index is 4.70. The fourth-order valence-corrected chi connectivity index (χ4v) is 12.8. The van der Waals surface area contributed by atoms with E-state index in [0.717, 1.165) is 19.6 Å². The summed E-state index contributed by atoms with van der Waals surface area (Å²) in [6.45, 7) is 33.1. The maximum atomic E-state index is 15.5. The normalized spacial score (nSPS) is 25.9. The average molecular weight is 1400 g/mol. The van der Waals surface area contributed by atoms with Crippen molar-refractivity contribution < 1.29 is 63.0 Å². The van der Waals surface area contributed by atoms with Gasteiger partial charge in [-0.1, -0.05) is 121 Å². The van der Waals surface area contributed by atoms with E-state index in [1.807, 2.05) is 41.5 Å². The lowest BCUT2D eigenvalue weighted by atomic mass is 9.91. The highest BCUT2D eigenvalue weighted by atomic mass is 32.2. The third-order valence-electron chi connectivity index (χ3n) is 18.1. The molecular weight excluding hydrogens is 1270 g/mol. The van der Waals surface area contributed by atoms with Crippen molar-refractivity contribution in [3.05, 3.63) is 24.3 Å². The van der Waals surface area contributed by atoms with E-state index >= 15 is 33.6 Å². The van der Waals surface area contributed by atoms with Crippen LogP contribution >= 0.6 is 11.8 Å². The van der Waals surface area contributed by atoms with Gasteiger partial charge >= 0.3 is 0 Å². The number of carbonyl (C=O) groups is 11. The average Bonchev–Trinajstić information content (AvgIpc) is 0.799. The Bertz CT molecular complexity index is 2750. The topological polar surface area (TPSA) is 335 Å². The molecule has 26 nitrogen and oxygen atoms in total. The minimum absolute atomic E-state index is 0.0137. The lowest BCUT2D eigenvalue weighted by Gasteiger charge is -2.41. The molecule has 1 aliphatic heterocycles. The van der Waals surface area contributed by atoms with E-state index in [4.69, 9.17) is 0 Å². The van der Waals surface area contributed by atoms with Gasteiger partial charge in [0, 0.05) is 85.6 Å². The number of aliphatic hydroxyl groups excluding tert-OH is 1. The Kier molecular flexibility index (Phi) is 37.8. The van der Waals surface area contributed by atoms with Gasteiger partial charge < -0.3 is 76.5 Å². The van der Waals surface area contributed by atoms with Crippen LogP contribution in [0.1, 0.15) is 170 Å². The molecule has 0 saturated carbocycles. The van der Waals surface area contributed by atoms with Crippen LogP contribution in [-0.2, 0) is 52.7 Å². The number of hydrogen-bond donors (Lipinski definition) is 8. The third kappa shape index (κ3) is 25.9. The maximum absolute atomic E-state index is 15.5. The smallest absolute Gasteiger partial charge is 0.251 e. The molecule has 0 radical (unpaired) electrons. The summed E-state index contributed by atoms with van der Waals surface area (Å²) in [4.78, 5) is 174. The van der Waals surface area contributed by atoms with Crippen molar-refractivity contribution >= 4 is 82.5 Å². The summed E-state index contributed by atoms with van der Waals surface area (Å²) in [6.07, 6.45) is 5.34. The summed E-state index contributed by atoms with van der Waals surface area (Å²) < 4.78 is 0. The molecule has 27 heteroatoms. The van der Waals surface area contributed by atoms with Gasteiger partial charge in [0.25, 0.3) is 5.91 Å². The Morgan fingerprint density at radius 2 is 1.12 bits per heavy atom. The number of carbonyl (C=O) groups excluding carboxylic acids is 11. The van der Waals surface area contributed by atoms with Gasteiger partial charge in [0.1, 0.15) is 66.5 Å². The number of nitrogens with zero attached hydrogens (tertiary/aromatic N) is 7. The molecule has 98 heavy (non-hydrogen) atoms. The van der Waals surface area contributed by atoms with E-state index in [2.05, 4.69) is 26.6 Å². The monoisotopic (exact) mass is 1400 g/mol. The van der Waals surface area contributed by atoms with Crippen LogP contribution in [0.25, 0.3) is 0 Å². The minimum atomic E-state index is -1.71. The van der Waals surface area contributed by atoms with Gasteiger partial charge in [-0.3, -0.25) is 52.7 Å². The second-order valence-corrected chi connectivity index (χ2v) is 30.5. The lowest BCUT2D eigenvalue weighted by Crippen LogP contribution is -2.64. The number of aliphatic hydroxyl groups is 2. The molecule has 1 rings (SSSR count). The standard InChI is InChI=1S/C71H127N13O13S/c1-27-30-32-46(16)59(85)58-63(89)75-48(29-3)64(90)81(23)53(39-98-36-35-73-45(14)15)67(93)80(22)52(38-71(18,19)97)62(88)77-55(43(10)11)68(94)79(21)51(37-41(6)7)61(87)74-47(17)60(86)76-49(31-28-2)65(91)78(20)50(34-33-40(4)5)66(92)83(25)57(54(72)42(8)9)70(96)82(24)56(44(12)13)69(95)84(58)26/h27-28,30-31,40-53,55-59,72-73,85,97H,29,32-39H2,1-26H3,(H,74,87)(H,75,89)(H,76,86)(H,77,88)/b30-27+,31-28+,72-54?/t46-,47?,48+,49?,50+,51+,52+,53-,55+,56+,57+,58+,59-/m1/s1. The molecule has 13 atom stereocenters. The van der Waals surface area contributed by atoms with Gasteiger partial charge in [0.2, 0.25) is 59.1 Å². The largest absolute Gasteiger partial charge is 0.390 e. The van der Waals surface area contributed by atoms with E-state index in [-0.39, 0.29) is 61.4 Å². The molecule has 0 aliphatic carbocycles. The summed E-state index contributed by atoms with van der Waals surface area (Å²) in [6, 6.07) is -15.4. The fourth-order valence-electron chi connectivity index (χ4n) is 11.8. The molecule has 0 bridgehead atoms. The zero-order valence-corrected chi connectivity index (χ0v) is 64.9. The number of likely N-dealkylation sites (N-methyl/N-ethyl adjacent to an activating group) is 7. The number of nitrogens with one attached hydrogen (secondary N) is 6. The van der Waals surface area contributed by atoms with Crippen LogP contribution in [0.2, 0.25) is 0 Å². The first-order chi connectivity index (χ1) is 45.3. The van der Waals surface area contributed by atoms with E-state index < -0.39 is 167 Å². The fraction of sp³-hybridized carbons (Fsp3) is 0.775. The van der Waals surface area contributed by atoms with E-state index in [9.17, 15) is 34.8 Å². The number of allylic oxidation sites excluding steroid dienone is 3. The molecule has 560 valence electrons. The third-order valence-corrected chi connectivity index (χ3v) is 19.1. The predicted molar refractivity (Wildman–Crippen MR) is 386 cm³/mol. The number of rotatable bonds is 23. The molecule has 1 aliphatic rings. The first kappa shape index (κ1) is 89.6. The first-order valence-electron chi connectivity index (χ1n) is 34.9. The summed E-state index contributed by atoms with van der Waals surface area (Å²) in [5.74, 6) is -11.0. The molecule has 8 N–H and O–H groups in total. The SMILES string of the molecule is C/C=C/C[C@@H](C)[C@@H](O)[C@H]1C(=O)N[C@@H](CC)C(=O)N(C)[C@H](CSCCNC(C)C)C(=O)N(C)[C@@H](CC(C)(C)O)C(=O)N[C@@H](C(C)C)C(=O)N(C)[C@@H](CC(C)C)C(=O)NC(C)C(=O)NC(/C=C/C)C(=O)N(C)[C@@H](CCC(C)C)C(=O)N(C)[C@@H](C(=N)C(C)C)C(=O)N(C)[C@@H](C(C)C)C(=O)N1C. The van der Waals surface area contributed by atoms with E-state index in [0.29, 0.717) is 18.7 Å². The van der Waals surface area contributed by atoms with E-state index in [1.165, 1.54) is 109 Å². The first-order valence-corrected chi connectivity index (χ1v) is 36.1. The highest BCUT2D eigenvalue weighted by molar-refractivity contribution is 7.99. The number of amides is 11. The molecule has 2 unspecified atom stereocenters. The van der Waals surface area contributed by atoms with Gasteiger partial charge in [-0.15, -0.1) is 0 Å². The molecule has 0 aromatic rings. The molecule has 1 fully saturated rings. The van der Waals surface area contributed by atoms with Crippen LogP contribution in [0.3, 0.4) is 0 Å². The molecule has 0 aromatic heterocycles. The Morgan fingerprint density at radius 3 is 1.61 bits per heavy atom. The van der Waals surface area contributed by atoms with Crippen molar-refractivity contribution in [3.63, 3.8) is 0 Å². The second kappa shape index (κ2) is 41.3. The highest BCUT2D eigenvalue weighted by Gasteiger charge is 2.47. The quantitative estimate of drug-likeness (QED) is 0.0406. The molecule has 11 amide bonds. The van der Waals surface area contributed by atoms with Crippen LogP contribution < -0.4 is 26.6 Å². The van der Waals surface area contributed by atoms with Gasteiger partial charge in [-0.25, -0.2) is 0 Å². The molecule has 0 aromatic carbocycles. The Hall–Kier alpha value is -6.45. The molecular formula is C71H127N13O13S. The van der Waals surface area contributed by atoms with Crippen molar-refractivity contribution in [2.75, 3.05) is 67.4 Å². The zero-order chi connectivity index (χ0) is 75.9. The van der Waals surface area contributed by atoms with Gasteiger partial charge in [0.15, 0.2) is 0 Å². The van der Waals surface area contributed by atoms with Crippen molar-refractivity contribution in [2.24, 2.45) is 35.5 Å². The minimum Gasteiger partial charge on any atom is -0.390 e. The van der Waals surface area contributed by atoms with Crippen molar-refractivity contribution in [3.8, 4) is 0 Å². The van der Waals surface area contributed by atoms with Crippen LogP contribution in [-0.4, -0.2) is 267 Å². The predicted octanol–water partition coefficient (Wildman–Crippen LogP) is 4.06. The summed E-state index contributed by atoms with van der Waals surface area (Å²) in [5, 5.41) is 47.6. The zero-order valence-electron chi connectivity index (χ0n) is 64.1. The second-order valence-electron chi connectivity index (χ2n) is 29.4. The Morgan fingerprint density at radius 1 is 0.592 bits per heavy atom. The summed E-state index contributed by atoms with van der Waals surface area (Å²) >= 11 is 1.34. The van der Waals surface area contributed by atoms with Crippen molar-refractivity contribution in [1.82, 2.24) is 60.9 Å². The van der Waals surface area contributed by atoms with Crippen LogP contribution in [0.15, 0.2) is 24.3 Å². The molecule has 1 heterocycles. The molecule has 1 saturated heterocycles. The van der Waals surface area contributed by atoms with Gasteiger partial charge in [0.05, 0.1) is 11.7 Å². The number of hydrogen-bond acceptors (Lipinski definition) is 16. The number of thioether (sulfide) groups is 1. The highest BCUT2D eigenvalue weighted by Crippen LogP contribution is 2.27. The maximum Gasteiger partial charge on any atom is 0.251 e. The Labute approximate surface area is 590 Å².